The van der Waals surface area contributed by atoms with Crippen LogP contribution in [0.2, 0.25) is 0 Å². The number of hydrogen-bond donors (Lipinski definition) is 1. The second-order valence-corrected chi connectivity index (χ2v) is 11.7. The van der Waals surface area contributed by atoms with E-state index >= 15 is 0 Å². The summed E-state index contributed by atoms with van der Waals surface area (Å²) in [7, 11) is -3.31. The van der Waals surface area contributed by atoms with Gasteiger partial charge >= 0.3 is 0 Å². The first kappa shape index (κ1) is 26.1. The summed E-state index contributed by atoms with van der Waals surface area (Å²) in [4.78, 5) is 16.1. The van der Waals surface area contributed by atoms with Crippen LogP contribution in [-0.4, -0.2) is 62.1 Å². The molecule has 1 aliphatic carbocycles. The first-order valence-electron chi connectivity index (χ1n) is 12.8. The van der Waals surface area contributed by atoms with Crippen molar-refractivity contribution < 1.29 is 13.3 Å². The standard InChI is InChI=1S/C29H32N4O4S/c1-38(36,37)30-25-9-4-6-22(20-25)7-5-15-31-16-18-32(19-17-31)29-27-10-3-2-8-23(27)11-12-24-13-14-26(33(34)35)21-28(24)29/h2-10,13-14,20-21,29-30H,11-12,15-19H2,1H3/b7-5+. The summed E-state index contributed by atoms with van der Waals surface area (Å²) in [5.41, 5.74) is 6.44. The molecule has 9 heteroatoms. The number of fused-ring (bicyclic) bond motifs is 2. The Balaban J connectivity index is 1.29. The van der Waals surface area contributed by atoms with Crippen molar-refractivity contribution in [2.75, 3.05) is 43.7 Å². The summed E-state index contributed by atoms with van der Waals surface area (Å²) < 4.78 is 25.5. The molecular formula is C29H32N4O4S. The minimum atomic E-state index is -3.31. The molecule has 3 aromatic carbocycles. The lowest BCUT2D eigenvalue weighted by atomic mass is 9.92. The Kier molecular flexibility index (Phi) is 7.60. The van der Waals surface area contributed by atoms with Crippen molar-refractivity contribution in [1.82, 2.24) is 9.80 Å². The summed E-state index contributed by atoms with van der Waals surface area (Å²) >= 11 is 0. The predicted octanol–water partition coefficient (Wildman–Crippen LogP) is 4.49. The molecule has 3 aromatic rings. The number of aryl methyl sites for hydroxylation is 2. The molecule has 0 saturated carbocycles. The van der Waals surface area contributed by atoms with Gasteiger partial charge in [0.15, 0.2) is 0 Å². The third kappa shape index (κ3) is 6.12. The summed E-state index contributed by atoms with van der Waals surface area (Å²) in [6.07, 6.45) is 7.07. The molecule has 8 nitrogen and oxygen atoms in total. The predicted molar refractivity (Wildman–Crippen MR) is 151 cm³/mol. The molecule has 0 amide bonds. The zero-order valence-electron chi connectivity index (χ0n) is 21.4. The molecule has 0 bridgehead atoms. The molecule has 198 valence electrons. The van der Waals surface area contributed by atoms with E-state index in [1.165, 1.54) is 16.7 Å². The molecule has 1 N–H and O–H groups in total. The normalized spacial score (nSPS) is 18.5. The monoisotopic (exact) mass is 532 g/mol. The average Bonchev–Trinajstić information content (AvgIpc) is 3.05. The maximum atomic E-state index is 11.6. The van der Waals surface area contributed by atoms with Gasteiger partial charge in [0.2, 0.25) is 10.0 Å². The molecule has 38 heavy (non-hydrogen) atoms. The lowest BCUT2D eigenvalue weighted by Gasteiger charge is -2.40. The van der Waals surface area contributed by atoms with E-state index in [2.05, 4.69) is 44.9 Å². The van der Waals surface area contributed by atoms with E-state index in [9.17, 15) is 18.5 Å². The van der Waals surface area contributed by atoms with Crippen LogP contribution in [0.15, 0.2) is 72.8 Å². The average molecular weight is 533 g/mol. The number of piperazine rings is 1. The summed E-state index contributed by atoms with van der Waals surface area (Å²) in [6.45, 7) is 4.30. The van der Waals surface area contributed by atoms with Gasteiger partial charge in [0.05, 0.1) is 17.2 Å². The smallest absolute Gasteiger partial charge is 0.269 e. The minimum Gasteiger partial charge on any atom is -0.297 e. The highest BCUT2D eigenvalue weighted by Crippen LogP contribution is 2.38. The second-order valence-electron chi connectivity index (χ2n) is 9.98. The van der Waals surface area contributed by atoms with Gasteiger partial charge in [0, 0.05) is 50.5 Å². The van der Waals surface area contributed by atoms with Crippen LogP contribution in [0.5, 0.6) is 0 Å². The number of nitro benzene ring substituents is 1. The number of sulfonamides is 1. The van der Waals surface area contributed by atoms with E-state index in [4.69, 9.17) is 0 Å². The molecule has 0 spiro atoms. The zero-order valence-corrected chi connectivity index (χ0v) is 22.2. The number of nitrogens with zero attached hydrogens (tertiary/aromatic N) is 3. The largest absolute Gasteiger partial charge is 0.297 e. The molecule has 1 heterocycles. The van der Waals surface area contributed by atoms with E-state index < -0.39 is 10.0 Å². The first-order valence-corrected chi connectivity index (χ1v) is 14.7. The Morgan fingerprint density at radius 2 is 1.68 bits per heavy atom. The highest BCUT2D eigenvalue weighted by atomic mass is 32.2. The molecule has 1 unspecified atom stereocenters. The minimum absolute atomic E-state index is 0.00590. The van der Waals surface area contributed by atoms with Gasteiger partial charge in [0.1, 0.15) is 0 Å². The highest BCUT2D eigenvalue weighted by Gasteiger charge is 2.32. The SMILES string of the molecule is CS(=O)(=O)Nc1cccc(/C=C/CN2CCN(C3c4ccccc4CCc4ccc([N+](=O)[O-])cc43)CC2)c1. The molecule has 1 atom stereocenters. The molecule has 1 aliphatic heterocycles. The lowest BCUT2D eigenvalue weighted by Crippen LogP contribution is -2.47. The Hall–Kier alpha value is -3.53. The van der Waals surface area contributed by atoms with E-state index in [-0.39, 0.29) is 16.7 Å². The van der Waals surface area contributed by atoms with Gasteiger partial charge in [-0.15, -0.1) is 0 Å². The van der Waals surface area contributed by atoms with E-state index in [1.807, 2.05) is 30.3 Å². The van der Waals surface area contributed by atoms with Gasteiger partial charge in [-0.2, -0.15) is 0 Å². The summed E-state index contributed by atoms with van der Waals surface area (Å²) in [5.74, 6) is 0. The van der Waals surface area contributed by atoms with Crippen molar-refractivity contribution >= 4 is 27.5 Å². The van der Waals surface area contributed by atoms with E-state index in [0.29, 0.717) is 5.69 Å². The third-order valence-electron chi connectivity index (χ3n) is 7.28. The van der Waals surface area contributed by atoms with Gasteiger partial charge < -0.3 is 0 Å². The van der Waals surface area contributed by atoms with Crippen molar-refractivity contribution in [3.63, 3.8) is 0 Å². The number of anilines is 1. The van der Waals surface area contributed by atoms with Crippen molar-refractivity contribution in [2.45, 2.75) is 18.9 Å². The van der Waals surface area contributed by atoms with Gasteiger partial charge in [-0.05, 0) is 52.8 Å². The second kappa shape index (κ2) is 11.1. The molecule has 5 rings (SSSR count). The maximum absolute atomic E-state index is 11.6. The lowest BCUT2D eigenvalue weighted by molar-refractivity contribution is -0.385. The van der Waals surface area contributed by atoms with Crippen molar-refractivity contribution in [1.29, 1.82) is 0 Å². The van der Waals surface area contributed by atoms with Gasteiger partial charge in [-0.25, -0.2) is 8.42 Å². The molecule has 0 radical (unpaired) electrons. The quantitative estimate of drug-likeness (QED) is 0.356. The molecule has 1 saturated heterocycles. The number of nitro groups is 1. The van der Waals surface area contributed by atoms with Crippen LogP contribution >= 0.6 is 0 Å². The van der Waals surface area contributed by atoms with E-state index in [0.717, 1.165) is 62.9 Å². The van der Waals surface area contributed by atoms with Crippen LogP contribution in [0.1, 0.15) is 33.9 Å². The van der Waals surface area contributed by atoms with Crippen LogP contribution in [0.3, 0.4) is 0 Å². The van der Waals surface area contributed by atoms with Crippen molar-refractivity contribution in [3.05, 3.63) is 111 Å². The Morgan fingerprint density at radius 1 is 0.947 bits per heavy atom. The van der Waals surface area contributed by atoms with E-state index in [1.54, 1.807) is 18.2 Å². The number of benzene rings is 3. The molecule has 0 aromatic heterocycles. The zero-order chi connectivity index (χ0) is 26.7. The summed E-state index contributed by atoms with van der Waals surface area (Å²) in [5, 5.41) is 11.6. The molecule has 2 aliphatic rings. The fourth-order valence-corrected chi connectivity index (χ4v) is 6.05. The number of rotatable bonds is 7. The van der Waals surface area contributed by atoms with Gasteiger partial charge in [-0.3, -0.25) is 24.6 Å². The van der Waals surface area contributed by atoms with Crippen LogP contribution in [0.4, 0.5) is 11.4 Å². The van der Waals surface area contributed by atoms with Crippen molar-refractivity contribution in [2.24, 2.45) is 0 Å². The highest BCUT2D eigenvalue weighted by molar-refractivity contribution is 7.92. The van der Waals surface area contributed by atoms with Crippen LogP contribution in [0.25, 0.3) is 6.08 Å². The van der Waals surface area contributed by atoms with Crippen LogP contribution in [-0.2, 0) is 22.9 Å². The number of nitrogens with one attached hydrogen (secondary N) is 1. The van der Waals surface area contributed by atoms with Gasteiger partial charge in [-0.1, -0.05) is 54.6 Å². The molecule has 1 fully saturated rings. The maximum Gasteiger partial charge on any atom is 0.269 e. The topological polar surface area (TPSA) is 95.8 Å². The third-order valence-corrected chi connectivity index (χ3v) is 7.89. The number of hydrogen-bond acceptors (Lipinski definition) is 6. The Labute approximate surface area is 223 Å². The Bertz CT molecular complexity index is 1460. The fraction of sp³-hybridized carbons (Fsp3) is 0.310. The number of non-ortho nitro benzene ring substituents is 1. The Morgan fingerprint density at radius 3 is 2.42 bits per heavy atom. The summed E-state index contributed by atoms with van der Waals surface area (Å²) in [6, 6.07) is 21.2. The van der Waals surface area contributed by atoms with Crippen molar-refractivity contribution in [3.8, 4) is 0 Å². The molecular weight excluding hydrogens is 500 g/mol. The fourth-order valence-electron chi connectivity index (χ4n) is 5.50. The first-order chi connectivity index (χ1) is 18.3. The van der Waals surface area contributed by atoms with Gasteiger partial charge in [0.25, 0.3) is 5.69 Å². The van der Waals surface area contributed by atoms with Crippen LogP contribution in [0, 0.1) is 10.1 Å². The van der Waals surface area contributed by atoms with Crippen LogP contribution < -0.4 is 4.72 Å².